The highest BCUT2D eigenvalue weighted by atomic mass is 16.6. The highest BCUT2D eigenvalue weighted by Gasteiger charge is 2.38. The van der Waals surface area contributed by atoms with Crippen LogP contribution in [0.1, 0.15) is 28.4 Å². The van der Waals surface area contributed by atoms with Crippen molar-refractivity contribution >= 4 is 17.5 Å². The van der Waals surface area contributed by atoms with Crippen molar-refractivity contribution in [3.63, 3.8) is 0 Å². The van der Waals surface area contributed by atoms with Crippen molar-refractivity contribution in [2.45, 2.75) is 18.6 Å². The second kappa shape index (κ2) is 10.7. The number of carbonyl (C=O) groups is 2. The summed E-state index contributed by atoms with van der Waals surface area (Å²) >= 11 is 0. The normalized spacial score (nSPS) is 17.4. The number of nitrogens with zero attached hydrogens (tertiary/aromatic N) is 3. The van der Waals surface area contributed by atoms with Gasteiger partial charge in [0.1, 0.15) is 13.2 Å². The minimum Gasteiger partial charge on any atom is -0.399 e. The van der Waals surface area contributed by atoms with E-state index in [0.717, 1.165) is 11.3 Å². The summed E-state index contributed by atoms with van der Waals surface area (Å²) in [5.74, 6) is -0.632. The maximum Gasteiger partial charge on any atom is 0.254 e. The third-order valence-electron chi connectivity index (χ3n) is 5.69. The fourth-order valence-corrected chi connectivity index (χ4v) is 3.94. The number of aliphatic hydroxyl groups is 1. The van der Waals surface area contributed by atoms with E-state index < -0.39 is 12.1 Å². The van der Waals surface area contributed by atoms with Crippen LogP contribution in [0, 0.1) is 0 Å². The molecule has 1 fully saturated rings. The van der Waals surface area contributed by atoms with Gasteiger partial charge in [-0.2, -0.15) is 0 Å². The fraction of sp³-hybridized carbons (Fsp3) is 0.231. The third kappa shape index (κ3) is 5.29. The third-order valence-corrected chi connectivity index (χ3v) is 5.69. The summed E-state index contributed by atoms with van der Waals surface area (Å²) in [6.07, 6.45) is 1.13. The first-order valence-electron chi connectivity index (χ1n) is 11.0. The standard InChI is InChI=1S/C26H26N4O4/c1-34-29-21-15-23(25(32)28-16-24(31)19-7-3-2-4-8-19)30(17-21)26(33)20-12-10-18(11-13-20)22-9-5-6-14-27-22/h2-14,23-24,31H,15-17H2,1H3,(H,28,32)/t23-,24+/m0/s1. The first-order valence-corrected chi connectivity index (χ1v) is 11.0. The van der Waals surface area contributed by atoms with Crippen molar-refractivity contribution < 1.29 is 19.5 Å². The van der Waals surface area contributed by atoms with Gasteiger partial charge in [0.05, 0.1) is 24.1 Å². The van der Waals surface area contributed by atoms with E-state index in [1.807, 2.05) is 48.5 Å². The number of hydrogen-bond acceptors (Lipinski definition) is 6. The van der Waals surface area contributed by atoms with Crippen molar-refractivity contribution in [2.75, 3.05) is 20.2 Å². The molecule has 2 amide bonds. The summed E-state index contributed by atoms with van der Waals surface area (Å²) in [7, 11) is 1.43. The molecule has 0 spiro atoms. The van der Waals surface area contributed by atoms with E-state index in [1.165, 1.54) is 12.0 Å². The van der Waals surface area contributed by atoms with Crippen molar-refractivity contribution in [3.8, 4) is 11.3 Å². The molecule has 2 atom stereocenters. The van der Waals surface area contributed by atoms with Crippen LogP contribution < -0.4 is 5.32 Å². The second-order valence-electron chi connectivity index (χ2n) is 7.96. The number of amides is 2. The van der Waals surface area contributed by atoms with E-state index in [1.54, 1.807) is 30.5 Å². The molecule has 2 N–H and O–H groups in total. The van der Waals surface area contributed by atoms with Gasteiger partial charge in [-0.15, -0.1) is 0 Å². The monoisotopic (exact) mass is 458 g/mol. The smallest absolute Gasteiger partial charge is 0.254 e. The maximum atomic E-state index is 13.3. The van der Waals surface area contributed by atoms with Gasteiger partial charge in [-0.1, -0.05) is 53.7 Å². The molecule has 1 aliphatic rings. The number of oxime groups is 1. The molecule has 34 heavy (non-hydrogen) atoms. The number of aliphatic hydroxyl groups excluding tert-OH is 1. The number of benzene rings is 2. The SMILES string of the molecule is CON=C1C[C@@H](C(=O)NC[C@@H](O)c2ccccc2)N(C(=O)c2ccc(-c3ccccn3)cc2)C1. The highest BCUT2D eigenvalue weighted by Crippen LogP contribution is 2.22. The first-order chi connectivity index (χ1) is 16.6. The van der Waals surface area contributed by atoms with Gasteiger partial charge < -0.3 is 20.2 Å². The van der Waals surface area contributed by atoms with Gasteiger partial charge in [-0.25, -0.2) is 0 Å². The number of rotatable bonds is 7. The summed E-state index contributed by atoms with van der Waals surface area (Å²) in [5, 5.41) is 17.1. The number of hydrogen-bond donors (Lipinski definition) is 2. The van der Waals surface area contributed by atoms with Crippen LogP contribution in [0.5, 0.6) is 0 Å². The molecule has 3 aromatic rings. The molecule has 4 rings (SSSR count). The lowest BCUT2D eigenvalue weighted by molar-refractivity contribution is -0.125. The Morgan fingerprint density at radius 2 is 1.85 bits per heavy atom. The molecule has 1 aromatic heterocycles. The number of likely N-dealkylation sites (tertiary alicyclic amines) is 1. The molecular weight excluding hydrogens is 432 g/mol. The molecule has 0 unspecified atom stereocenters. The Hall–Kier alpha value is -4.04. The molecule has 0 bridgehead atoms. The Balaban J connectivity index is 1.47. The van der Waals surface area contributed by atoms with Crippen LogP contribution >= 0.6 is 0 Å². The lowest BCUT2D eigenvalue weighted by Crippen LogP contribution is -2.46. The number of nitrogens with one attached hydrogen (secondary N) is 1. The van der Waals surface area contributed by atoms with Gasteiger partial charge >= 0.3 is 0 Å². The van der Waals surface area contributed by atoms with E-state index in [-0.39, 0.29) is 31.3 Å². The highest BCUT2D eigenvalue weighted by molar-refractivity contribution is 6.05. The molecule has 2 aromatic carbocycles. The summed E-state index contributed by atoms with van der Waals surface area (Å²) in [4.78, 5) is 37.0. The van der Waals surface area contributed by atoms with Crippen LogP contribution in [0.2, 0.25) is 0 Å². The van der Waals surface area contributed by atoms with Crippen LogP contribution in [0.3, 0.4) is 0 Å². The minimum atomic E-state index is -0.845. The Bertz CT molecular complexity index is 1150. The average Bonchev–Trinajstić information content (AvgIpc) is 3.32. The van der Waals surface area contributed by atoms with Crippen molar-refractivity contribution in [1.29, 1.82) is 0 Å². The molecule has 174 valence electrons. The van der Waals surface area contributed by atoms with Gasteiger partial charge in [0.15, 0.2) is 0 Å². The van der Waals surface area contributed by atoms with Gasteiger partial charge in [-0.3, -0.25) is 14.6 Å². The average molecular weight is 459 g/mol. The number of carbonyl (C=O) groups excluding carboxylic acids is 2. The molecule has 0 radical (unpaired) electrons. The molecule has 0 saturated carbocycles. The molecule has 0 aliphatic carbocycles. The fourth-order valence-electron chi connectivity index (χ4n) is 3.94. The first kappa shape index (κ1) is 23.1. The van der Waals surface area contributed by atoms with E-state index in [2.05, 4.69) is 15.5 Å². The topological polar surface area (TPSA) is 104 Å². The van der Waals surface area contributed by atoms with E-state index in [0.29, 0.717) is 16.8 Å². The second-order valence-corrected chi connectivity index (χ2v) is 7.96. The quantitative estimate of drug-likeness (QED) is 0.530. The zero-order valence-corrected chi connectivity index (χ0v) is 18.8. The van der Waals surface area contributed by atoms with Crippen molar-refractivity contribution in [2.24, 2.45) is 5.16 Å². The molecule has 2 heterocycles. The van der Waals surface area contributed by atoms with Gasteiger partial charge in [0, 0.05) is 30.3 Å². The van der Waals surface area contributed by atoms with E-state index in [9.17, 15) is 14.7 Å². The van der Waals surface area contributed by atoms with Crippen LogP contribution in [0.25, 0.3) is 11.3 Å². The van der Waals surface area contributed by atoms with Gasteiger partial charge in [-0.05, 0) is 29.8 Å². The van der Waals surface area contributed by atoms with Crippen LogP contribution in [-0.4, -0.2) is 58.8 Å². The van der Waals surface area contributed by atoms with Crippen LogP contribution in [0.4, 0.5) is 0 Å². The van der Waals surface area contributed by atoms with Crippen LogP contribution in [-0.2, 0) is 9.63 Å². The molecule has 1 aliphatic heterocycles. The zero-order valence-electron chi connectivity index (χ0n) is 18.8. The lowest BCUT2D eigenvalue weighted by atomic mass is 10.1. The Kier molecular flexibility index (Phi) is 7.29. The van der Waals surface area contributed by atoms with E-state index >= 15 is 0 Å². The maximum absolute atomic E-state index is 13.3. The number of aromatic nitrogens is 1. The molecule has 8 heteroatoms. The molecule has 8 nitrogen and oxygen atoms in total. The number of pyridine rings is 1. The summed E-state index contributed by atoms with van der Waals surface area (Å²) < 4.78 is 0. The van der Waals surface area contributed by atoms with E-state index in [4.69, 9.17) is 4.84 Å². The summed E-state index contributed by atoms with van der Waals surface area (Å²) in [6, 6.07) is 21.1. The summed E-state index contributed by atoms with van der Waals surface area (Å²) in [6.45, 7) is 0.227. The molecule has 1 saturated heterocycles. The minimum absolute atomic E-state index is 0.0386. The van der Waals surface area contributed by atoms with Crippen molar-refractivity contribution in [3.05, 3.63) is 90.1 Å². The van der Waals surface area contributed by atoms with Gasteiger partial charge in [0.2, 0.25) is 5.91 Å². The Morgan fingerprint density at radius 1 is 1.12 bits per heavy atom. The predicted molar refractivity (Wildman–Crippen MR) is 128 cm³/mol. The van der Waals surface area contributed by atoms with Crippen molar-refractivity contribution in [1.82, 2.24) is 15.2 Å². The predicted octanol–water partition coefficient (Wildman–Crippen LogP) is 2.82. The Labute approximate surface area is 197 Å². The van der Waals surface area contributed by atoms with Gasteiger partial charge in [0.25, 0.3) is 5.91 Å². The van der Waals surface area contributed by atoms with Crippen LogP contribution in [0.15, 0.2) is 84.1 Å². The summed E-state index contributed by atoms with van der Waals surface area (Å²) in [5.41, 5.74) is 3.47. The Morgan fingerprint density at radius 3 is 2.53 bits per heavy atom. The largest absolute Gasteiger partial charge is 0.399 e. The lowest BCUT2D eigenvalue weighted by Gasteiger charge is -2.24. The zero-order chi connectivity index (χ0) is 23.9. The molecular formula is C26H26N4O4.